The Bertz CT molecular complexity index is 284. The van der Waals surface area contributed by atoms with Gasteiger partial charge < -0.3 is 10.2 Å². The summed E-state index contributed by atoms with van der Waals surface area (Å²) in [5.74, 6) is -0.171. The van der Waals surface area contributed by atoms with Crippen molar-refractivity contribution in [1.29, 1.82) is 0 Å². The average Bonchev–Trinajstić information content (AvgIpc) is 2.31. The number of hydrogen-bond donors (Lipinski definition) is 1. The Hall–Kier alpha value is -1.09. The van der Waals surface area contributed by atoms with Crippen LogP contribution < -0.4 is 10.2 Å². The molecular formula is C13H21FN2. The van der Waals surface area contributed by atoms with Crippen molar-refractivity contribution in [3.05, 3.63) is 30.1 Å². The lowest BCUT2D eigenvalue weighted by atomic mass is 10.2. The van der Waals surface area contributed by atoms with Gasteiger partial charge in [-0.15, -0.1) is 0 Å². The van der Waals surface area contributed by atoms with E-state index in [4.69, 9.17) is 0 Å². The Kier molecular flexibility index (Phi) is 5.86. The number of unbranched alkanes of at least 4 members (excludes halogenated alkanes) is 1. The number of nitrogens with one attached hydrogen (secondary N) is 1. The molecule has 0 atom stereocenters. The zero-order valence-electron chi connectivity index (χ0n) is 10.2. The van der Waals surface area contributed by atoms with E-state index in [1.165, 1.54) is 18.6 Å². The summed E-state index contributed by atoms with van der Waals surface area (Å²) in [7, 11) is 1.97. The maximum absolute atomic E-state index is 12.8. The number of rotatable bonds is 7. The largest absolute Gasteiger partial charge is 0.372 e. The van der Waals surface area contributed by atoms with E-state index in [9.17, 15) is 4.39 Å². The lowest BCUT2D eigenvalue weighted by Crippen LogP contribution is -2.24. The molecule has 0 spiro atoms. The quantitative estimate of drug-likeness (QED) is 0.716. The molecule has 0 saturated carbocycles. The molecule has 0 radical (unpaired) electrons. The van der Waals surface area contributed by atoms with Crippen molar-refractivity contribution in [3.63, 3.8) is 0 Å². The zero-order chi connectivity index (χ0) is 11.8. The van der Waals surface area contributed by atoms with Crippen LogP contribution in [-0.4, -0.2) is 26.7 Å². The summed E-state index contributed by atoms with van der Waals surface area (Å²) in [5, 5.41) is 3.14. The lowest BCUT2D eigenvalue weighted by molar-refractivity contribution is 0.626. The third-order valence-electron chi connectivity index (χ3n) is 2.68. The van der Waals surface area contributed by atoms with Crippen LogP contribution in [0, 0.1) is 5.82 Å². The lowest BCUT2D eigenvalue weighted by Gasteiger charge is -2.23. The molecule has 0 unspecified atom stereocenters. The molecule has 2 nitrogen and oxygen atoms in total. The van der Waals surface area contributed by atoms with Gasteiger partial charge in [0.1, 0.15) is 5.82 Å². The molecule has 0 bridgehead atoms. The number of halogens is 1. The highest BCUT2D eigenvalue weighted by atomic mass is 19.1. The van der Waals surface area contributed by atoms with E-state index in [0.717, 1.165) is 31.7 Å². The Morgan fingerprint density at radius 1 is 1.19 bits per heavy atom. The average molecular weight is 224 g/mol. The number of anilines is 1. The first-order valence-corrected chi connectivity index (χ1v) is 5.93. The van der Waals surface area contributed by atoms with Crippen LogP contribution in [-0.2, 0) is 0 Å². The van der Waals surface area contributed by atoms with Crippen LogP contribution in [0.25, 0.3) is 0 Å². The smallest absolute Gasteiger partial charge is 0.123 e. The second kappa shape index (κ2) is 7.23. The molecule has 1 aromatic rings. The van der Waals surface area contributed by atoms with Crippen LogP contribution in [0.2, 0.25) is 0 Å². The van der Waals surface area contributed by atoms with E-state index in [-0.39, 0.29) is 5.82 Å². The second-order valence-corrected chi connectivity index (χ2v) is 3.87. The molecule has 90 valence electrons. The van der Waals surface area contributed by atoms with Gasteiger partial charge in [-0.25, -0.2) is 4.39 Å². The van der Waals surface area contributed by atoms with E-state index in [0.29, 0.717) is 0 Å². The molecule has 0 aliphatic rings. The first-order valence-electron chi connectivity index (χ1n) is 5.93. The maximum atomic E-state index is 12.8. The fourth-order valence-corrected chi connectivity index (χ4v) is 1.73. The van der Waals surface area contributed by atoms with Crippen molar-refractivity contribution in [2.24, 2.45) is 0 Å². The molecule has 1 rings (SSSR count). The molecule has 0 heterocycles. The van der Waals surface area contributed by atoms with E-state index >= 15 is 0 Å². The minimum Gasteiger partial charge on any atom is -0.372 e. The van der Waals surface area contributed by atoms with Crippen molar-refractivity contribution in [2.75, 3.05) is 31.6 Å². The monoisotopic (exact) mass is 224 g/mol. The third kappa shape index (κ3) is 4.19. The molecule has 0 aromatic heterocycles. The summed E-state index contributed by atoms with van der Waals surface area (Å²) >= 11 is 0. The molecule has 16 heavy (non-hydrogen) atoms. The van der Waals surface area contributed by atoms with Crippen molar-refractivity contribution in [2.45, 2.75) is 19.8 Å². The number of benzene rings is 1. The third-order valence-corrected chi connectivity index (χ3v) is 2.68. The van der Waals surface area contributed by atoms with Crippen molar-refractivity contribution < 1.29 is 4.39 Å². The Morgan fingerprint density at radius 2 is 1.88 bits per heavy atom. The predicted octanol–water partition coefficient (Wildman–Crippen LogP) is 2.65. The van der Waals surface area contributed by atoms with Gasteiger partial charge in [-0.3, -0.25) is 0 Å². The van der Waals surface area contributed by atoms with Crippen LogP contribution in [0.4, 0.5) is 10.1 Å². The minimum atomic E-state index is -0.171. The molecule has 3 heteroatoms. The van der Waals surface area contributed by atoms with Gasteiger partial charge in [-0.05, 0) is 57.6 Å². The fraction of sp³-hybridized carbons (Fsp3) is 0.538. The fourth-order valence-electron chi connectivity index (χ4n) is 1.73. The SMILES string of the molecule is CCN(CCCCNC)c1ccc(F)cc1. The van der Waals surface area contributed by atoms with E-state index < -0.39 is 0 Å². The first-order chi connectivity index (χ1) is 7.77. The van der Waals surface area contributed by atoms with Gasteiger partial charge in [-0.2, -0.15) is 0 Å². The van der Waals surface area contributed by atoms with Gasteiger partial charge in [0.2, 0.25) is 0 Å². The van der Waals surface area contributed by atoms with E-state index in [2.05, 4.69) is 17.1 Å². The van der Waals surface area contributed by atoms with Gasteiger partial charge in [0.05, 0.1) is 0 Å². The van der Waals surface area contributed by atoms with Crippen LogP contribution in [0.3, 0.4) is 0 Å². The highest BCUT2D eigenvalue weighted by Crippen LogP contribution is 2.15. The number of nitrogens with zero attached hydrogens (tertiary/aromatic N) is 1. The highest BCUT2D eigenvalue weighted by Gasteiger charge is 2.03. The van der Waals surface area contributed by atoms with Crippen LogP contribution in [0.5, 0.6) is 0 Å². The molecule has 0 fully saturated rings. The standard InChI is InChI=1S/C13H21FN2/c1-3-16(11-5-4-10-15-2)13-8-6-12(14)7-9-13/h6-9,15H,3-5,10-11H2,1-2H3. The van der Waals surface area contributed by atoms with Crippen LogP contribution >= 0.6 is 0 Å². The Labute approximate surface area is 97.5 Å². The number of hydrogen-bond acceptors (Lipinski definition) is 2. The normalized spacial score (nSPS) is 10.4. The molecule has 0 aliphatic carbocycles. The first kappa shape index (κ1) is 13.0. The molecular weight excluding hydrogens is 203 g/mol. The van der Waals surface area contributed by atoms with Gasteiger partial charge in [0.25, 0.3) is 0 Å². The predicted molar refractivity (Wildman–Crippen MR) is 67.4 cm³/mol. The molecule has 0 amide bonds. The summed E-state index contributed by atoms with van der Waals surface area (Å²) in [4.78, 5) is 2.27. The summed E-state index contributed by atoms with van der Waals surface area (Å²) in [6.07, 6.45) is 2.33. The van der Waals surface area contributed by atoms with Crippen LogP contribution in [0.1, 0.15) is 19.8 Å². The summed E-state index contributed by atoms with van der Waals surface area (Å²) in [6, 6.07) is 6.73. The maximum Gasteiger partial charge on any atom is 0.123 e. The topological polar surface area (TPSA) is 15.3 Å². The summed E-state index contributed by atoms with van der Waals surface area (Å²) in [6.45, 7) is 5.18. The zero-order valence-corrected chi connectivity index (χ0v) is 10.2. The Morgan fingerprint density at radius 3 is 2.44 bits per heavy atom. The molecule has 0 aliphatic heterocycles. The molecule has 1 N–H and O–H groups in total. The van der Waals surface area contributed by atoms with Crippen molar-refractivity contribution >= 4 is 5.69 Å². The second-order valence-electron chi connectivity index (χ2n) is 3.87. The molecule has 1 aromatic carbocycles. The van der Waals surface area contributed by atoms with Gasteiger partial charge in [0.15, 0.2) is 0 Å². The Balaban J connectivity index is 2.44. The minimum absolute atomic E-state index is 0.171. The van der Waals surface area contributed by atoms with Gasteiger partial charge in [-0.1, -0.05) is 0 Å². The summed E-state index contributed by atoms with van der Waals surface area (Å²) in [5.41, 5.74) is 1.10. The van der Waals surface area contributed by atoms with Crippen LogP contribution in [0.15, 0.2) is 24.3 Å². The van der Waals surface area contributed by atoms with E-state index in [1.54, 1.807) is 0 Å². The van der Waals surface area contributed by atoms with Crippen molar-refractivity contribution in [1.82, 2.24) is 5.32 Å². The molecule has 0 saturated heterocycles. The van der Waals surface area contributed by atoms with Gasteiger partial charge in [0, 0.05) is 18.8 Å². The summed E-state index contributed by atoms with van der Waals surface area (Å²) < 4.78 is 12.8. The van der Waals surface area contributed by atoms with Crippen molar-refractivity contribution in [3.8, 4) is 0 Å². The van der Waals surface area contributed by atoms with E-state index in [1.807, 2.05) is 19.2 Å². The highest BCUT2D eigenvalue weighted by molar-refractivity contribution is 5.45. The van der Waals surface area contributed by atoms with Gasteiger partial charge >= 0.3 is 0 Å².